The third-order valence-electron chi connectivity index (χ3n) is 5.05. The zero-order chi connectivity index (χ0) is 16.1. The van der Waals surface area contributed by atoms with Gasteiger partial charge in [0, 0.05) is 18.1 Å². The Hall–Kier alpha value is -1.11. The summed E-state index contributed by atoms with van der Waals surface area (Å²) < 4.78 is 26.8. The molecular formula is C15H18ClNO4S. The van der Waals surface area contributed by atoms with Crippen molar-refractivity contribution in [2.75, 3.05) is 13.1 Å². The number of carboxylic acid groups (broad SMARTS) is 1. The van der Waals surface area contributed by atoms with Gasteiger partial charge in [0.2, 0.25) is 10.0 Å². The summed E-state index contributed by atoms with van der Waals surface area (Å²) in [5, 5.41) is 9.96. The molecule has 3 rings (SSSR count). The minimum Gasteiger partial charge on any atom is -0.481 e. The average Bonchev–Trinajstić information content (AvgIpc) is 2.99. The van der Waals surface area contributed by atoms with Crippen molar-refractivity contribution in [3.8, 4) is 0 Å². The van der Waals surface area contributed by atoms with E-state index in [0.717, 1.165) is 18.4 Å². The first-order chi connectivity index (χ1) is 10.3. The van der Waals surface area contributed by atoms with Crippen molar-refractivity contribution in [3.05, 3.63) is 28.8 Å². The van der Waals surface area contributed by atoms with Crippen LogP contribution in [0, 0.1) is 18.3 Å². The molecule has 5 nitrogen and oxygen atoms in total. The van der Waals surface area contributed by atoms with E-state index in [9.17, 15) is 18.3 Å². The van der Waals surface area contributed by atoms with Crippen LogP contribution in [0.25, 0.3) is 0 Å². The second kappa shape index (κ2) is 5.22. The highest BCUT2D eigenvalue weighted by atomic mass is 35.5. The number of nitrogens with zero attached hydrogens (tertiary/aromatic N) is 1. The quantitative estimate of drug-likeness (QED) is 0.915. The Kier molecular flexibility index (Phi) is 3.74. The van der Waals surface area contributed by atoms with Crippen molar-refractivity contribution in [3.63, 3.8) is 0 Å². The van der Waals surface area contributed by atoms with Crippen LogP contribution in [0.3, 0.4) is 0 Å². The SMILES string of the molecule is Cc1ccc(S(=O)(=O)N2C[C@@H]3CCC[C@@]3(C(=O)O)C2)cc1Cl. The molecule has 1 heterocycles. The molecule has 1 aromatic rings. The van der Waals surface area contributed by atoms with E-state index in [0.29, 0.717) is 11.4 Å². The van der Waals surface area contributed by atoms with E-state index in [1.165, 1.54) is 16.4 Å². The summed E-state index contributed by atoms with van der Waals surface area (Å²) in [5.74, 6) is -0.977. The molecule has 2 atom stereocenters. The number of fused-ring (bicyclic) bond motifs is 1. The minimum atomic E-state index is -3.71. The van der Waals surface area contributed by atoms with Crippen LogP contribution in [0.2, 0.25) is 5.02 Å². The summed E-state index contributed by atoms with van der Waals surface area (Å²) in [6, 6.07) is 4.63. The standard InChI is InChI=1S/C15H18ClNO4S/c1-10-4-5-12(7-13(10)16)22(20,21)17-8-11-3-2-6-15(11,9-17)14(18)19/h4-5,7,11H,2-3,6,8-9H2,1H3,(H,18,19)/t11-,15+/m0/s1. The predicted molar refractivity (Wildman–Crippen MR) is 82.4 cm³/mol. The summed E-state index contributed by atoms with van der Waals surface area (Å²) in [5.41, 5.74) is -0.109. The fourth-order valence-corrected chi connectivity index (χ4v) is 5.49. The molecule has 0 bridgehead atoms. The van der Waals surface area contributed by atoms with E-state index in [2.05, 4.69) is 0 Å². The average molecular weight is 344 g/mol. The Morgan fingerprint density at radius 3 is 2.77 bits per heavy atom. The van der Waals surface area contributed by atoms with Crippen molar-refractivity contribution in [1.82, 2.24) is 4.31 Å². The Balaban J connectivity index is 1.94. The van der Waals surface area contributed by atoms with Gasteiger partial charge in [-0.25, -0.2) is 8.42 Å². The number of halogens is 1. The molecule has 1 saturated carbocycles. The fraction of sp³-hybridized carbons (Fsp3) is 0.533. The zero-order valence-corrected chi connectivity index (χ0v) is 13.8. The van der Waals surface area contributed by atoms with Crippen LogP contribution < -0.4 is 0 Å². The van der Waals surface area contributed by atoms with Gasteiger partial charge >= 0.3 is 5.97 Å². The molecule has 0 unspecified atom stereocenters. The lowest BCUT2D eigenvalue weighted by Crippen LogP contribution is -2.37. The molecular weight excluding hydrogens is 326 g/mol. The molecule has 0 spiro atoms. The fourth-order valence-electron chi connectivity index (χ4n) is 3.66. The molecule has 0 amide bonds. The molecule has 0 radical (unpaired) electrons. The lowest BCUT2D eigenvalue weighted by molar-refractivity contribution is -0.149. The lowest BCUT2D eigenvalue weighted by Gasteiger charge is -2.23. The molecule has 7 heteroatoms. The molecule has 120 valence electrons. The van der Waals surface area contributed by atoms with Crippen LogP contribution in [0.15, 0.2) is 23.1 Å². The van der Waals surface area contributed by atoms with Crippen LogP contribution >= 0.6 is 11.6 Å². The highest BCUT2D eigenvalue weighted by Crippen LogP contribution is 2.50. The normalized spacial score (nSPS) is 28.7. The molecule has 0 aromatic heterocycles. The van der Waals surface area contributed by atoms with E-state index in [-0.39, 0.29) is 23.9 Å². The van der Waals surface area contributed by atoms with Gasteiger partial charge in [0.05, 0.1) is 10.3 Å². The number of carbonyl (C=O) groups is 1. The maximum Gasteiger partial charge on any atom is 0.311 e. The Labute approximate surface area is 134 Å². The Bertz CT molecular complexity index is 733. The highest BCUT2D eigenvalue weighted by molar-refractivity contribution is 7.89. The largest absolute Gasteiger partial charge is 0.481 e. The minimum absolute atomic E-state index is 0.0564. The first kappa shape index (κ1) is 15.8. The number of aliphatic carboxylic acids is 1. The maximum absolute atomic E-state index is 12.8. The first-order valence-corrected chi connectivity index (χ1v) is 9.09. The summed E-state index contributed by atoms with van der Waals surface area (Å²) in [6.45, 7) is 2.14. The van der Waals surface area contributed by atoms with Gasteiger partial charge < -0.3 is 5.11 Å². The van der Waals surface area contributed by atoms with Crippen LogP contribution in [-0.4, -0.2) is 36.9 Å². The topological polar surface area (TPSA) is 74.7 Å². The second-order valence-electron chi connectivity index (χ2n) is 6.26. The molecule has 1 aliphatic carbocycles. The molecule has 2 aliphatic rings. The number of rotatable bonds is 3. The van der Waals surface area contributed by atoms with Crippen LogP contribution in [-0.2, 0) is 14.8 Å². The van der Waals surface area contributed by atoms with Crippen LogP contribution in [0.1, 0.15) is 24.8 Å². The molecule has 1 aliphatic heterocycles. The first-order valence-electron chi connectivity index (χ1n) is 7.27. The summed E-state index contributed by atoms with van der Waals surface area (Å²) >= 11 is 6.02. The maximum atomic E-state index is 12.8. The van der Waals surface area contributed by atoms with Gasteiger partial charge in [0.15, 0.2) is 0 Å². The molecule has 1 N–H and O–H groups in total. The van der Waals surface area contributed by atoms with E-state index < -0.39 is 21.4 Å². The number of carboxylic acids is 1. The van der Waals surface area contributed by atoms with Gasteiger partial charge in [0.1, 0.15) is 0 Å². The van der Waals surface area contributed by atoms with E-state index >= 15 is 0 Å². The van der Waals surface area contributed by atoms with Crippen molar-refractivity contribution in [1.29, 1.82) is 0 Å². The predicted octanol–water partition coefficient (Wildman–Crippen LogP) is 2.52. The Morgan fingerprint density at radius 2 is 2.18 bits per heavy atom. The smallest absolute Gasteiger partial charge is 0.311 e. The summed E-state index contributed by atoms with van der Waals surface area (Å²) in [6.07, 6.45) is 2.17. The van der Waals surface area contributed by atoms with E-state index in [1.54, 1.807) is 13.0 Å². The number of aryl methyl sites for hydroxylation is 1. The van der Waals surface area contributed by atoms with Gasteiger partial charge in [-0.15, -0.1) is 0 Å². The third kappa shape index (κ3) is 2.25. The monoisotopic (exact) mass is 343 g/mol. The number of hydrogen-bond acceptors (Lipinski definition) is 3. The zero-order valence-electron chi connectivity index (χ0n) is 12.3. The number of benzene rings is 1. The van der Waals surface area contributed by atoms with E-state index in [1.807, 2.05) is 0 Å². The van der Waals surface area contributed by atoms with Crippen LogP contribution in [0.5, 0.6) is 0 Å². The third-order valence-corrected chi connectivity index (χ3v) is 7.26. The Morgan fingerprint density at radius 1 is 1.45 bits per heavy atom. The molecule has 22 heavy (non-hydrogen) atoms. The second-order valence-corrected chi connectivity index (χ2v) is 8.60. The van der Waals surface area contributed by atoms with Gasteiger partial charge in [-0.1, -0.05) is 24.1 Å². The van der Waals surface area contributed by atoms with Crippen molar-refractivity contribution in [2.45, 2.75) is 31.1 Å². The summed E-state index contributed by atoms with van der Waals surface area (Å²) in [7, 11) is -3.71. The summed E-state index contributed by atoms with van der Waals surface area (Å²) in [4.78, 5) is 11.8. The lowest BCUT2D eigenvalue weighted by atomic mass is 9.81. The van der Waals surface area contributed by atoms with Gasteiger partial charge in [0.25, 0.3) is 0 Å². The van der Waals surface area contributed by atoms with Crippen molar-refractivity contribution >= 4 is 27.6 Å². The molecule has 1 saturated heterocycles. The van der Waals surface area contributed by atoms with Crippen LogP contribution in [0.4, 0.5) is 0 Å². The van der Waals surface area contributed by atoms with Gasteiger partial charge in [-0.3, -0.25) is 4.79 Å². The van der Waals surface area contributed by atoms with E-state index in [4.69, 9.17) is 11.6 Å². The van der Waals surface area contributed by atoms with Gasteiger partial charge in [-0.2, -0.15) is 4.31 Å². The number of hydrogen-bond donors (Lipinski definition) is 1. The number of sulfonamides is 1. The van der Waals surface area contributed by atoms with Crippen molar-refractivity contribution < 1.29 is 18.3 Å². The molecule has 2 fully saturated rings. The van der Waals surface area contributed by atoms with Crippen molar-refractivity contribution in [2.24, 2.45) is 11.3 Å². The highest BCUT2D eigenvalue weighted by Gasteiger charge is 2.57. The van der Waals surface area contributed by atoms with Gasteiger partial charge in [-0.05, 0) is 43.4 Å². The molecule has 1 aromatic carbocycles.